The Kier molecular flexibility index (Phi) is 2.14. The van der Waals surface area contributed by atoms with E-state index in [1.807, 2.05) is 0 Å². The fourth-order valence-electron chi connectivity index (χ4n) is 0.791. The molecule has 2 nitrogen and oxygen atoms in total. The molecular formula is C7H7F2NOS. The highest BCUT2D eigenvalue weighted by Crippen LogP contribution is 2.15. The van der Waals surface area contributed by atoms with Crippen LogP contribution in [0.4, 0.5) is 8.78 Å². The Bertz CT molecular complexity index is 400. The lowest BCUT2D eigenvalue weighted by Gasteiger charge is -2.01. The fraction of sp³-hybridized carbons (Fsp3) is 0.143. The monoisotopic (exact) mass is 191 g/mol. The number of halogens is 2. The summed E-state index contributed by atoms with van der Waals surface area (Å²) in [7, 11) is -3.09. The van der Waals surface area contributed by atoms with Crippen molar-refractivity contribution in [1.29, 1.82) is 4.78 Å². The minimum Gasteiger partial charge on any atom is -0.249 e. The molecule has 0 spiro atoms. The van der Waals surface area contributed by atoms with Crippen LogP contribution in [0.1, 0.15) is 0 Å². The lowest BCUT2D eigenvalue weighted by molar-refractivity contribution is 0.561. The molecule has 0 radical (unpaired) electrons. The van der Waals surface area contributed by atoms with Crippen molar-refractivity contribution >= 4 is 9.73 Å². The van der Waals surface area contributed by atoms with Gasteiger partial charge >= 0.3 is 0 Å². The first-order chi connectivity index (χ1) is 5.41. The van der Waals surface area contributed by atoms with Crippen LogP contribution in [0.15, 0.2) is 23.1 Å². The zero-order valence-electron chi connectivity index (χ0n) is 6.30. The van der Waals surface area contributed by atoms with Gasteiger partial charge in [-0.25, -0.2) is 17.8 Å². The van der Waals surface area contributed by atoms with E-state index in [4.69, 9.17) is 4.78 Å². The molecular weight excluding hydrogens is 184 g/mol. The zero-order chi connectivity index (χ0) is 9.35. The Balaban J connectivity index is 3.39. The minimum absolute atomic E-state index is 0.260. The molecule has 66 valence electrons. The largest absolute Gasteiger partial charge is 0.249 e. The van der Waals surface area contributed by atoms with Crippen molar-refractivity contribution in [3.05, 3.63) is 29.8 Å². The lowest BCUT2D eigenvalue weighted by atomic mass is 10.3. The van der Waals surface area contributed by atoms with Crippen molar-refractivity contribution in [3.8, 4) is 0 Å². The van der Waals surface area contributed by atoms with Crippen LogP contribution in [-0.4, -0.2) is 10.5 Å². The molecule has 1 N–H and O–H groups in total. The number of nitrogens with one attached hydrogen (secondary N) is 1. The van der Waals surface area contributed by atoms with E-state index in [0.29, 0.717) is 6.07 Å². The molecule has 0 aliphatic carbocycles. The maximum atomic E-state index is 12.8. The molecule has 0 aromatic heterocycles. The summed E-state index contributed by atoms with van der Waals surface area (Å²) in [5, 5.41) is 0. The van der Waals surface area contributed by atoms with Crippen molar-refractivity contribution < 1.29 is 13.0 Å². The van der Waals surface area contributed by atoms with Gasteiger partial charge in [0, 0.05) is 12.3 Å². The third-order valence-corrected chi connectivity index (χ3v) is 2.48. The molecule has 0 saturated carbocycles. The van der Waals surface area contributed by atoms with E-state index in [1.54, 1.807) is 0 Å². The van der Waals surface area contributed by atoms with E-state index in [0.717, 1.165) is 18.4 Å². The molecule has 0 fully saturated rings. The number of benzene rings is 1. The average Bonchev–Trinajstić information content (AvgIpc) is 1.83. The third-order valence-electron chi connectivity index (χ3n) is 1.31. The van der Waals surface area contributed by atoms with Gasteiger partial charge in [0.2, 0.25) is 0 Å². The molecule has 0 unspecified atom stereocenters. The van der Waals surface area contributed by atoms with E-state index >= 15 is 0 Å². The lowest BCUT2D eigenvalue weighted by Crippen LogP contribution is -1.98. The molecule has 0 saturated heterocycles. The topological polar surface area (TPSA) is 40.9 Å². The molecule has 0 amide bonds. The summed E-state index contributed by atoms with van der Waals surface area (Å²) in [6, 6.07) is 2.63. The first-order valence-electron chi connectivity index (χ1n) is 3.10. The first-order valence-corrected chi connectivity index (χ1v) is 5.07. The zero-order valence-corrected chi connectivity index (χ0v) is 7.12. The molecule has 0 heterocycles. The summed E-state index contributed by atoms with van der Waals surface area (Å²) in [6.45, 7) is 0. The predicted molar refractivity (Wildman–Crippen MR) is 41.4 cm³/mol. The van der Waals surface area contributed by atoms with Crippen molar-refractivity contribution in [1.82, 2.24) is 0 Å². The third kappa shape index (κ3) is 1.79. The van der Waals surface area contributed by atoms with Crippen molar-refractivity contribution in [2.75, 3.05) is 6.26 Å². The summed E-state index contributed by atoms with van der Waals surface area (Å²) in [4.78, 5) is -0.260. The van der Waals surface area contributed by atoms with Gasteiger partial charge in [-0.2, -0.15) is 0 Å². The van der Waals surface area contributed by atoms with E-state index in [9.17, 15) is 13.0 Å². The number of rotatable bonds is 1. The second-order valence-electron chi connectivity index (χ2n) is 2.42. The van der Waals surface area contributed by atoms with Crippen LogP contribution in [0.2, 0.25) is 0 Å². The van der Waals surface area contributed by atoms with Crippen LogP contribution in [-0.2, 0) is 9.73 Å². The Morgan fingerprint density at radius 1 is 1.42 bits per heavy atom. The smallest absolute Gasteiger partial charge is 0.143 e. The van der Waals surface area contributed by atoms with E-state index in [-0.39, 0.29) is 4.90 Å². The van der Waals surface area contributed by atoms with Crippen LogP contribution in [0, 0.1) is 16.4 Å². The Morgan fingerprint density at radius 3 is 2.42 bits per heavy atom. The van der Waals surface area contributed by atoms with Gasteiger partial charge in [0.05, 0.1) is 14.6 Å². The summed E-state index contributed by atoms with van der Waals surface area (Å²) < 4.78 is 43.2. The minimum atomic E-state index is -3.09. The SMILES string of the molecule is C[S@@](=N)(=O)c1ccc(F)cc1F. The highest BCUT2D eigenvalue weighted by atomic mass is 32.2. The molecule has 1 atom stereocenters. The van der Waals surface area contributed by atoms with Gasteiger partial charge in [-0.1, -0.05) is 0 Å². The number of hydrogen-bond donors (Lipinski definition) is 1. The maximum Gasteiger partial charge on any atom is 0.143 e. The molecule has 1 rings (SSSR count). The van der Waals surface area contributed by atoms with Crippen molar-refractivity contribution in [2.45, 2.75) is 4.90 Å². The molecule has 5 heteroatoms. The van der Waals surface area contributed by atoms with Crippen LogP contribution >= 0.6 is 0 Å². The molecule has 1 aromatic carbocycles. The molecule has 1 aromatic rings. The molecule has 0 bridgehead atoms. The Labute approximate surface area is 69.2 Å². The van der Waals surface area contributed by atoms with Gasteiger partial charge in [0.15, 0.2) is 0 Å². The first kappa shape index (κ1) is 9.12. The average molecular weight is 191 g/mol. The van der Waals surface area contributed by atoms with E-state index < -0.39 is 21.4 Å². The normalized spacial score (nSPS) is 15.6. The van der Waals surface area contributed by atoms with Crippen LogP contribution < -0.4 is 0 Å². The standard InChI is InChI=1S/C7H7F2NOS/c1-12(10,11)7-3-2-5(8)4-6(7)9/h2-4,10H,1H3/t12-/m1/s1. The molecule has 0 aliphatic heterocycles. The van der Waals surface area contributed by atoms with Crippen LogP contribution in [0.3, 0.4) is 0 Å². The van der Waals surface area contributed by atoms with Gasteiger partial charge < -0.3 is 0 Å². The second kappa shape index (κ2) is 2.82. The summed E-state index contributed by atoms with van der Waals surface area (Å²) >= 11 is 0. The van der Waals surface area contributed by atoms with Gasteiger partial charge in [0.1, 0.15) is 11.6 Å². The van der Waals surface area contributed by atoms with Gasteiger partial charge in [-0.05, 0) is 12.1 Å². The van der Waals surface area contributed by atoms with Crippen molar-refractivity contribution in [3.63, 3.8) is 0 Å². The Hall–Kier alpha value is -0.970. The highest BCUT2D eigenvalue weighted by molar-refractivity contribution is 7.91. The summed E-state index contributed by atoms with van der Waals surface area (Å²) in [5.41, 5.74) is 0. The maximum absolute atomic E-state index is 12.8. The van der Waals surface area contributed by atoms with Gasteiger partial charge in [0.25, 0.3) is 0 Å². The fourth-order valence-corrected chi connectivity index (χ4v) is 1.55. The molecule has 12 heavy (non-hydrogen) atoms. The highest BCUT2D eigenvalue weighted by Gasteiger charge is 2.10. The second-order valence-corrected chi connectivity index (χ2v) is 4.55. The van der Waals surface area contributed by atoms with Crippen LogP contribution in [0.25, 0.3) is 0 Å². The van der Waals surface area contributed by atoms with E-state index in [1.165, 1.54) is 0 Å². The summed E-state index contributed by atoms with van der Waals surface area (Å²) in [5.74, 6) is -1.67. The number of hydrogen-bond acceptors (Lipinski definition) is 2. The quantitative estimate of drug-likeness (QED) is 0.724. The summed E-state index contributed by atoms with van der Waals surface area (Å²) in [6.07, 6.45) is 1.09. The van der Waals surface area contributed by atoms with Crippen molar-refractivity contribution in [2.24, 2.45) is 0 Å². The van der Waals surface area contributed by atoms with E-state index in [2.05, 4.69) is 0 Å². The molecule has 0 aliphatic rings. The predicted octanol–water partition coefficient (Wildman–Crippen LogP) is 2.00. The van der Waals surface area contributed by atoms with Crippen LogP contribution in [0.5, 0.6) is 0 Å². The Morgan fingerprint density at radius 2 is 2.00 bits per heavy atom. The van der Waals surface area contributed by atoms with Gasteiger partial charge in [-0.3, -0.25) is 0 Å². The van der Waals surface area contributed by atoms with Gasteiger partial charge in [-0.15, -0.1) is 0 Å².